The first-order valence-corrected chi connectivity index (χ1v) is 15.5. The molecule has 3 aromatic carbocycles. The number of nitrogens with zero attached hydrogens (tertiary/aromatic N) is 2. The van der Waals surface area contributed by atoms with Gasteiger partial charge < -0.3 is 19.7 Å². The highest BCUT2D eigenvalue weighted by molar-refractivity contribution is 7.92. The molecule has 1 aliphatic rings. The monoisotopic (exact) mass is 597 g/mol. The molecule has 0 fully saturated rings. The molecule has 11 heteroatoms. The zero-order chi connectivity index (χ0) is 30.1. The first kappa shape index (κ1) is 30.8. The van der Waals surface area contributed by atoms with Crippen LogP contribution in [0.1, 0.15) is 38.7 Å². The van der Waals surface area contributed by atoms with Crippen LogP contribution in [0.2, 0.25) is 0 Å². The maximum absolute atomic E-state index is 14.1. The van der Waals surface area contributed by atoms with Crippen molar-refractivity contribution in [1.29, 1.82) is 0 Å². The van der Waals surface area contributed by atoms with Crippen LogP contribution in [0.4, 0.5) is 10.1 Å². The number of ether oxygens (including phenoxy) is 2. The van der Waals surface area contributed by atoms with Crippen LogP contribution in [0, 0.1) is 5.82 Å². The van der Waals surface area contributed by atoms with Crippen LogP contribution in [0.5, 0.6) is 11.5 Å². The van der Waals surface area contributed by atoms with E-state index in [2.05, 4.69) is 5.32 Å². The lowest BCUT2D eigenvalue weighted by Gasteiger charge is -2.33. The molecular formula is C31H36FN3O6S. The Labute approximate surface area is 246 Å². The number of nitrogens with one attached hydrogen (secondary N) is 1. The lowest BCUT2D eigenvalue weighted by Crippen LogP contribution is -2.52. The van der Waals surface area contributed by atoms with E-state index in [0.717, 1.165) is 17.1 Å². The second-order valence-corrected chi connectivity index (χ2v) is 11.7. The van der Waals surface area contributed by atoms with E-state index in [-0.39, 0.29) is 23.0 Å². The first-order valence-electron chi connectivity index (χ1n) is 14.0. The summed E-state index contributed by atoms with van der Waals surface area (Å²) in [6.45, 7) is 4.32. The van der Waals surface area contributed by atoms with Crippen molar-refractivity contribution in [3.8, 4) is 11.5 Å². The molecule has 9 nitrogen and oxygen atoms in total. The minimum Gasteiger partial charge on any atom is -0.486 e. The van der Waals surface area contributed by atoms with Gasteiger partial charge in [0, 0.05) is 19.2 Å². The highest BCUT2D eigenvalue weighted by Gasteiger charge is 2.34. The molecule has 1 atom stereocenters. The molecule has 0 bridgehead atoms. The number of carbonyl (C=O) groups excluding carboxylic acids is 2. The number of anilines is 1. The lowest BCUT2D eigenvalue weighted by molar-refractivity contribution is -0.140. The highest BCUT2D eigenvalue weighted by Crippen LogP contribution is 2.36. The number of carbonyl (C=O) groups is 2. The molecule has 3 aromatic rings. The fourth-order valence-electron chi connectivity index (χ4n) is 4.65. The van der Waals surface area contributed by atoms with E-state index < -0.39 is 34.3 Å². The van der Waals surface area contributed by atoms with Crippen molar-refractivity contribution in [1.82, 2.24) is 10.2 Å². The standard InChI is InChI=1S/C31H36FN3O6S/c1-3-5-17-33-31(37)27(4-2)34(21-23-11-13-24(32)14-12-23)30(36)22-35(42(38,39)26-9-7-6-8-10-26)25-15-16-28-29(20-25)41-19-18-40-28/h6-16,20,27H,3-5,17-19,21-22H2,1-2H3,(H,33,37)/t27-/m1/s1. The van der Waals surface area contributed by atoms with E-state index in [1.807, 2.05) is 6.92 Å². The zero-order valence-corrected chi connectivity index (χ0v) is 24.6. The first-order chi connectivity index (χ1) is 20.2. The smallest absolute Gasteiger partial charge is 0.264 e. The third-order valence-corrected chi connectivity index (χ3v) is 8.69. The molecule has 0 aromatic heterocycles. The number of halogens is 1. The van der Waals surface area contributed by atoms with Crippen LogP contribution >= 0.6 is 0 Å². The molecule has 0 saturated heterocycles. The molecule has 0 spiro atoms. The van der Waals surface area contributed by atoms with Crippen LogP contribution < -0.4 is 19.1 Å². The molecule has 224 valence electrons. The topological polar surface area (TPSA) is 105 Å². The summed E-state index contributed by atoms with van der Waals surface area (Å²) in [7, 11) is -4.22. The predicted molar refractivity (Wildman–Crippen MR) is 157 cm³/mol. The largest absolute Gasteiger partial charge is 0.486 e. The lowest BCUT2D eigenvalue weighted by atomic mass is 10.1. The second kappa shape index (κ2) is 14.2. The van der Waals surface area contributed by atoms with Gasteiger partial charge in [-0.2, -0.15) is 0 Å². The van der Waals surface area contributed by atoms with Crippen LogP contribution in [0.15, 0.2) is 77.7 Å². The number of sulfonamides is 1. The molecule has 0 saturated carbocycles. The number of rotatable bonds is 13. The fraction of sp³-hybridized carbons (Fsp3) is 0.355. The Hall–Kier alpha value is -4.12. The average Bonchev–Trinajstić information content (AvgIpc) is 3.01. The Morgan fingerprint density at radius 3 is 2.31 bits per heavy atom. The van der Waals surface area contributed by atoms with Gasteiger partial charge in [0.1, 0.15) is 31.6 Å². The molecule has 42 heavy (non-hydrogen) atoms. The molecule has 4 rings (SSSR count). The molecule has 2 amide bonds. The van der Waals surface area contributed by atoms with Crippen LogP contribution in [-0.4, -0.2) is 57.5 Å². The van der Waals surface area contributed by atoms with E-state index in [1.165, 1.54) is 47.4 Å². The molecular weight excluding hydrogens is 561 g/mol. The molecule has 0 radical (unpaired) electrons. The van der Waals surface area contributed by atoms with Crippen molar-refractivity contribution in [2.45, 2.75) is 50.6 Å². The van der Waals surface area contributed by atoms with Crippen molar-refractivity contribution in [2.75, 3.05) is 30.6 Å². The number of unbranched alkanes of at least 4 members (excludes halogenated alkanes) is 1. The van der Waals surface area contributed by atoms with E-state index in [0.29, 0.717) is 43.2 Å². The molecule has 0 unspecified atom stereocenters. The minimum absolute atomic E-state index is 0.00197. The Morgan fingerprint density at radius 1 is 0.952 bits per heavy atom. The number of hydrogen-bond donors (Lipinski definition) is 1. The van der Waals surface area contributed by atoms with Gasteiger partial charge in [-0.25, -0.2) is 12.8 Å². The summed E-state index contributed by atoms with van der Waals surface area (Å²) < 4.78 is 53.9. The Kier molecular flexibility index (Phi) is 10.4. The SMILES string of the molecule is CCCCNC(=O)[C@@H](CC)N(Cc1ccc(F)cc1)C(=O)CN(c1ccc2c(c1)OCCO2)S(=O)(=O)c1ccccc1. The zero-order valence-electron chi connectivity index (χ0n) is 23.8. The molecule has 1 heterocycles. The van der Waals surface area contributed by atoms with Gasteiger partial charge in [-0.05, 0) is 54.8 Å². The normalized spacial score (nSPS) is 13.2. The molecule has 1 N–H and O–H groups in total. The van der Waals surface area contributed by atoms with E-state index in [4.69, 9.17) is 9.47 Å². The summed E-state index contributed by atoms with van der Waals surface area (Å²) >= 11 is 0. The summed E-state index contributed by atoms with van der Waals surface area (Å²) in [5.74, 6) is -0.519. The number of hydrogen-bond acceptors (Lipinski definition) is 6. The summed E-state index contributed by atoms with van der Waals surface area (Å²) in [5.41, 5.74) is 0.806. The molecule has 0 aliphatic carbocycles. The maximum atomic E-state index is 14.1. The van der Waals surface area contributed by atoms with Gasteiger partial charge in [-0.3, -0.25) is 13.9 Å². The van der Waals surface area contributed by atoms with Gasteiger partial charge in [0.15, 0.2) is 11.5 Å². The van der Waals surface area contributed by atoms with Gasteiger partial charge in [0.05, 0.1) is 10.6 Å². The van der Waals surface area contributed by atoms with E-state index in [1.54, 1.807) is 37.3 Å². The third-order valence-electron chi connectivity index (χ3n) is 6.91. The van der Waals surface area contributed by atoms with Crippen LogP contribution in [0.25, 0.3) is 0 Å². The van der Waals surface area contributed by atoms with Crippen LogP contribution in [0.3, 0.4) is 0 Å². The second-order valence-electron chi connectivity index (χ2n) is 9.87. The van der Waals surface area contributed by atoms with Crippen LogP contribution in [-0.2, 0) is 26.2 Å². The Balaban J connectivity index is 1.72. The Morgan fingerprint density at radius 2 is 1.64 bits per heavy atom. The summed E-state index contributed by atoms with van der Waals surface area (Å²) in [4.78, 5) is 28.7. The summed E-state index contributed by atoms with van der Waals surface area (Å²) in [6.07, 6.45) is 1.96. The van der Waals surface area contributed by atoms with Crippen molar-refractivity contribution in [3.05, 3.63) is 84.2 Å². The van der Waals surface area contributed by atoms with Crippen molar-refractivity contribution in [2.24, 2.45) is 0 Å². The van der Waals surface area contributed by atoms with Crippen molar-refractivity contribution < 1.29 is 31.9 Å². The highest BCUT2D eigenvalue weighted by atomic mass is 32.2. The minimum atomic E-state index is -4.22. The third kappa shape index (κ3) is 7.39. The predicted octanol–water partition coefficient (Wildman–Crippen LogP) is 4.52. The summed E-state index contributed by atoms with van der Waals surface area (Å²) in [5, 5.41) is 2.89. The van der Waals surface area contributed by atoms with Gasteiger partial charge in [-0.1, -0.05) is 50.6 Å². The van der Waals surface area contributed by atoms with E-state index in [9.17, 15) is 22.4 Å². The van der Waals surface area contributed by atoms with Gasteiger partial charge >= 0.3 is 0 Å². The van der Waals surface area contributed by atoms with Gasteiger partial charge in [-0.15, -0.1) is 0 Å². The van der Waals surface area contributed by atoms with E-state index >= 15 is 0 Å². The van der Waals surface area contributed by atoms with Gasteiger partial charge in [0.2, 0.25) is 11.8 Å². The number of fused-ring (bicyclic) bond motifs is 1. The quantitative estimate of drug-likeness (QED) is 0.291. The van der Waals surface area contributed by atoms with Crippen molar-refractivity contribution in [3.63, 3.8) is 0 Å². The number of amides is 2. The summed E-state index contributed by atoms with van der Waals surface area (Å²) in [6, 6.07) is 17.3. The number of benzene rings is 3. The van der Waals surface area contributed by atoms with Crippen molar-refractivity contribution >= 4 is 27.5 Å². The fourth-order valence-corrected chi connectivity index (χ4v) is 6.07. The average molecular weight is 598 g/mol. The maximum Gasteiger partial charge on any atom is 0.264 e. The molecule has 1 aliphatic heterocycles. The van der Waals surface area contributed by atoms with Gasteiger partial charge in [0.25, 0.3) is 10.0 Å². The Bertz CT molecular complexity index is 1470.